The van der Waals surface area contributed by atoms with Crippen LogP contribution >= 0.6 is 0 Å². The van der Waals surface area contributed by atoms with Gasteiger partial charge in [0, 0.05) is 25.5 Å². The molecule has 1 aliphatic rings. The SMILES string of the molecule is CN(Cc1ccncc1)CC1(CN)CCCCC1. The fourth-order valence-corrected chi connectivity index (χ4v) is 3.16. The van der Waals surface area contributed by atoms with Gasteiger partial charge >= 0.3 is 0 Å². The molecule has 0 unspecified atom stereocenters. The lowest BCUT2D eigenvalue weighted by atomic mass is 9.74. The highest BCUT2D eigenvalue weighted by Gasteiger charge is 2.31. The summed E-state index contributed by atoms with van der Waals surface area (Å²) < 4.78 is 0. The zero-order valence-corrected chi connectivity index (χ0v) is 11.4. The van der Waals surface area contributed by atoms with E-state index in [4.69, 9.17) is 5.73 Å². The third-order valence-corrected chi connectivity index (χ3v) is 4.15. The summed E-state index contributed by atoms with van der Waals surface area (Å²) in [4.78, 5) is 6.47. The molecule has 1 heterocycles. The molecule has 1 aliphatic carbocycles. The zero-order valence-electron chi connectivity index (χ0n) is 11.4. The maximum absolute atomic E-state index is 6.04. The Morgan fingerprint density at radius 3 is 2.50 bits per heavy atom. The van der Waals surface area contributed by atoms with Crippen LogP contribution in [0.4, 0.5) is 0 Å². The summed E-state index contributed by atoms with van der Waals surface area (Å²) in [5, 5.41) is 0. The van der Waals surface area contributed by atoms with Crippen molar-refractivity contribution in [2.75, 3.05) is 20.1 Å². The van der Waals surface area contributed by atoms with Crippen LogP contribution in [0.2, 0.25) is 0 Å². The van der Waals surface area contributed by atoms with Crippen LogP contribution in [0.5, 0.6) is 0 Å². The lowest BCUT2D eigenvalue weighted by Crippen LogP contribution is -2.42. The van der Waals surface area contributed by atoms with Crippen molar-refractivity contribution in [1.29, 1.82) is 0 Å². The molecule has 0 aromatic carbocycles. The normalized spacial score (nSPS) is 19.1. The molecule has 1 aromatic heterocycles. The van der Waals surface area contributed by atoms with Gasteiger partial charge in [0.25, 0.3) is 0 Å². The van der Waals surface area contributed by atoms with E-state index in [1.165, 1.54) is 37.7 Å². The van der Waals surface area contributed by atoms with Gasteiger partial charge in [0.05, 0.1) is 0 Å². The average Bonchev–Trinajstić information content (AvgIpc) is 2.41. The van der Waals surface area contributed by atoms with E-state index >= 15 is 0 Å². The summed E-state index contributed by atoms with van der Waals surface area (Å²) in [7, 11) is 2.20. The molecule has 18 heavy (non-hydrogen) atoms. The van der Waals surface area contributed by atoms with Gasteiger partial charge in [0.2, 0.25) is 0 Å². The fourth-order valence-electron chi connectivity index (χ4n) is 3.16. The molecule has 3 nitrogen and oxygen atoms in total. The van der Waals surface area contributed by atoms with Gasteiger partial charge in [-0.25, -0.2) is 0 Å². The van der Waals surface area contributed by atoms with Crippen molar-refractivity contribution in [3.8, 4) is 0 Å². The van der Waals surface area contributed by atoms with Crippen molar-refractivity contribution in [3.63, 3.8) is 0 Å². The number of hydrogen-bond donors (Lipinski definition) is 1. The fraction of sp³-hybridized carbons (Fsp3) is 0.667. The van der Waals surface area contributed by atoms with Crippen molar-refractivity contribution < 1.29 is 0 Å². The molecule has 0 bridgehead atoms. The minimum absolute atomic E-state index is 0.361. The molecule has 2 N–H and O–H groups in total. The van der Waals surface area contributed by atoms with E-state index in [0.29, 0.717) is 5.41 Å². The maximum Gasteiger partial charge on any atom is 0.0271 e. The van der Waals surface area contributed by atoms with Gasteiger partial charge in [-0.2, -0.15) is 0 Å². The molecule has 100 valence electrons. The predicted molar refractivity (Wildman–Crippen MR) is 75.1 cm³/mol. The molecule has 1 fully saturated rings. The molecule has 2 rings (SSSR count). The highest BCUT2D eigenvalue weighted by molar-refractivity contribution is 5.09. The summed E-state index contributed by atoms with van der Waals surface area (Å²) in [6.45, 7) is 2.93. The van der Waals surface area contributed by atoms with E-state index < -0.39 is 0 Å². The first-order valence-corrected chi connectivity index (χ1v) is 7.02. The standard InChI is InChI=1S/C15H25N3/c1-18(11-14-5-9-17-10-6-14)13-15(12-16)7-3-2-4-8-15/h5-6,9-10H,2-4,7-8,11-13,16H2,1H3. The van der Waals surface area contributed by atoms with Crippen molar-refractivity contribution in [2.45, 2.75) is 38.6 Å². The van der Waals surface area contributed by atoms with Crippen molar-refractivity contribution in [1.82, 2.24) is 9.88 Å². The van der Waals surface area contributed by atoms with Crippen LogP contribution < -0.4 is 5.73 Å². The maximum atomic E-state index is 6.04. The van der Waals surface area contributed by atoms with Gasteiger partial charge in [-0.05, 0) is 49.5 Å². The number of hydrogen-bond acceptors (Lipinski definition) is 3. The van der Waals surface area contributed by atoms with Gasteiger partial charge in [-0.15, -0.1) is 0 Å². The second-order valence-corrected chi connectivity index (χ2v) is 5.79. The molecule has 0 amide bonds. The smallest absolute Gasteiger partial charge is 0.0271 e. The van der Waals surface area contributed by atoms with E-state index in [9.17, 15) is 0 Å². The Labute approximate surface area is 110 Å². The molecule has 0 atom stereocenters. The first kappa shape index (κ1) is 13.5. The first-order valence-electron chi connectivity index (χ1n) is 7.02. The quantitative estimate of drug-likeness (QED) is 0.869. The van der Waals surface area contributed by atoms with Gasteiger partial charge in [-0.3, -0.25) is 4.98 Å². The van der Waals surface area contributed by atoms with Crippen molar-refractivity contribution in [2.24, 2.45) is 11.1 Å². The minimum Gasteiger partial charge on any atom is -0.330 e. The lowest BCUT2D eigenvalue weighted by molar-refractivity contribution is 0.124. The minimum atomic E-state index is 0.361. The Balaban J connectivity index is 1.91. The second kappa shape index (κ2) is 6.30. The molecule has 0 saturated heterocycles. The van der Waals surface area contributed by atoms with Crippen LogP contribution in [-0.2, 0) is 6.54 Å². The molecule has 0 spiro atoms. The number of rotatable bonds is 5. The van der Waals surface area contributed by atoms with Crippen LogP contribution in [0.3, 0.4) is 0 Å². The van der Waals surface area contributed by atoms with Crippen molar-refractivity contribution >= 4 is 0 Å². The summed E-state index contributed by atoms with van der Waals surface area (Å²) in [6, 6.07) is 4.18. The molecule has 1 saturated carbocycles. The van der Waals surface area contributed by atoms with Gasteiger partial charge < -0.3 is 10.6 Å². The Hall–Kier alpha value is -0.930. The first-order chi connectivity index (χ1) is 8.74. The monoisotopic (exact) mass is 247 g/mol. The predicted octanol–water partition coefficient (Wildman–Crippen LogP) is 2.42. The number of nitrogens with two attached hydrogens (primary N) is 1. The third-order valence-electron chi connectivity index (χ3n) is 4.15. The van der Waals surface area contributed by atoms with Crippen LogP contribution in [0.25, 0.3) is 0 Å². The summed E-state index contributed by atoms with van der Waals surface area (Å²) in [5.41, 5.74) is 7.73. The van der Waals surface area contributed by atoms with Gasteiger partial charge in [-0.1, -0.05) is 19.3 Å². The van der Waals surface area contributed by atoms with Crippen molar-refractivity contribution in [3.05, 3.63) is 30.1 Å². The number of aromatic nitrogens is 1. The third kappa shape index (κ3) is 3.53. The molecule has 1 aromatic rings. The van der Waals surface area contributed by atoms with Gasteiger partial charge in [0.15, 0.2) is 0 Å². The molecular weight excluding hydrogens is 222 g/mol. The van der Waals surface area contributed by atoms with E-state index in [2.05, 4.69) is 29.1 Å². The summed E-state index contributed by atoms with van der Waals surface area (Å²) in [6.07, 6.45) is 10.4. The largest absolute Gasteiger partial charge is 0.330 e. The highest BCUT2D eigenvalue weighted by atomic mass is 15.1. The Morgan fingerprint density at radius 1 is 1.22 bits per heavy atom. The average molecular weight is 247 g/mol. The lowest BCUT2D eigenvalue weighted by Gasteiger charge is -2.39. The summed E-state index contributed by atoms with van der Waals surface area (Å²) in [5.74, 6) is 0. The zero-order chi connectivity index (χ0) is 12.8. The Morgan fingerprint density at radius 2 is 1.89 bits per heavy atom. The van der Waals surface area contributed by atoms with E-state index in [1.807, 2.05) is 12.4 Å². The molecule has 3 heteroatoms. The van der Waals surface area contributed by atoms with Crippen LogP contribution in [-0.4, -0.2) is 30.0 Å². The summed E-state index contributed by atoms with van der Waals surface area (Å²) >= 11 is 0. The van der Waals surface area contributed by atoms with Gasteiger partial charge in [0.1, 0.15) is 0 Å². The molecule has 0 aliphatic heterocycles. The van der Waals surface area contributed by atoms with Crippen LogP contribution in [0.15, 0.2) is 24.5 Å². The van der Waals surface area contributed by atoms with Crippen LogP contribution in [0, 0.1) is 5.41 Å². The highest BCUT2D eigenvalue weighted by Crippen LogP contribution is 2.36. The van der Waals surface area contributed by atoms with Crippen LogP contribution in [0.1, 0.15) is 37.7 Å². The number of pyridine rings is 1. The Bertz CT molecular complexity index is 344. The second-order valence-electron chi connectivity index (χ2n) is 5.79. The van der Waals surface area contributed by atoms with E-state index in [-0.39, 0.29) is 0 Å². The number of nitrogens with zero attached hydrogens (tertiary/aromatic N) is 2. The molecule has 0 radical (unpaired) electrons. The van der Waals surface area contributed by atoms with E-state index in [0.717, 1.165) is 19.6 Å². The van der Waals surface area contributed by atoms with E-state index in [1.54, 1.807) is 0 Å². The topological polar surface area (TPSA) is 42.2 Å². The Kier molecular flexibility index (Phi) is 4.72. The molecular formula is C15H25N3.